The maximum absolute atomic E-state index is 13.6. The van der Waals surface area contributed by atoms with Gasteiger partial charge in [0.2, 0.25) is 0 Å². The second-order valence-electron chi connectivity index (χ2n) is 7.46. The summed E-state index contributed by atoms with van der Waals surface area (Å²) in [5, 5.41) is 3.69. The number of halogens is 2. The summed E-state index contributed by atoms with van der Waals surface area (Å²) >= 11 is 3.39. The Kier molecular flexibility index (Phi) is 4.84. The van der Waals surface area contributed by atoms with Crippen LogP contribution in [0.3, 0.4) is 0 Å². The van der Waals surface area contributed by atoms with Gasteiger partial charge in [-0.25, -0.2) is 4.39 Å². The van der Waals surface area contributed by atoms with Crippen molar-refractivity contribution in [1.29, 1.82) is 0 Å². The summed E-state index contributed by atoms with van der Waals surface area (Å²) in [4.78, 5) is 0. The van der Waals surface area contributed by atoms with Crippen LogP contribution in [0.25, 0.3) is 0 Å². The second kappa shape index (κ2) is 6.00. The summed E-state index contributed by atoms with van der Waals surface area (Å²) in [6.45, 7) is 12.6. The minimum absolute atomic E-state index is 0.164. The fourth-order valence-corrected chi connectivity index (χ4v) is 4.39. The Balaban J connectivity index is 2.18. The summed E-state index contributed by atoms with van der Waals surface area (Å²) in [6.07, 6.45) is 2.00. The van der Waals surface area contributed by atoms with E-state index in [1.165, 1.54) is 6.07 Å². The second-order valence-corrected chi connectivity index (χ2v) is 8.38. The number of hydrogen-bond acceptors (Lipinski definition) is 1. The first-order chi connectivity index (χ1) is 9.70. The van der Waals surface area contributed by atoms with Gasteiger partial charge in [-0.2, -0.15) is 0 Å². The van der Waals surface area contributed by atoms with Crippen LogP contribution in [0.1, 0.15) is 46.6 Å². The van der Waals surface area contributed by atoms with Crippen LogP contribution in [0.5, 0.6) is 0 Å². The van der Waals surface area contributed by atoms with Gasteiger partial charge in [-0.1, -0.05) is 50.5 Å². The van der Waals surface area contributed by atoms with Crippen molar-refractivity contribution in [2.24, 2.45) is 16.7 Å². The predicted octanol–water partition coefficient (Wildman–Crippen LogP) is 5.18. The van der Waals surface area contributed by atoms with E-state index in [-0.39, 0.29) is 5.82 Å². The van der Waals surface area contributed by atoms with Gasteiger partial charge in [0.05, 0.1) is 0 Å². The average molecular weight is 356 g/mol. The monoisotopic (exact) mass is 355 g/mol. The van der Waals surface area contributed by atoms with Gasteiger partial charge < -0.3 is 5.32 Å². The summed E-state index contributed by atoms with van der Waals surface area (Å²) in [6, 6.07) is 5.62. The van der Waals surface area contributed by atoms with E-state index < -0.39 is 0 Å². The molecule has 1 nitrogen and oxygen atoms in total. The van der Waals surface area contributed by atoms with Crippen LogP contribution in [-0.2, 0) is 6.42 Å². The first-order valence-electron chi connectivity index (χ1n) is 7.88. The van der Waals surface area contributed by atoms with Gasteiger partial charge >= 0.3 is 0 Å². The van der Waals surface area contributed by atoms with Crippen molar-refractivity contribution >= 4 is 15.9 Å². The molecule has 1 aliphatic rings. The number of benzene rings is 1. The zero-order valence-electron chi connectivity index (χ0n) is 13.8. The molecule has 3 heteroatoms. The molecule has 0 aromatic heterocycles. The lowest BCUT2D eigenvalue weighted by Crippen LogP contribution is -2.36. The molecule has 1 fully saturated rings. The number of nitrogens with one attached hydrogen (secondary N) is 1. The van der Waals surface area contributed by atoms with E-state index in [0.717, 1.165) is 29.4 Å². The van der Waals surface area contributed by atoms with Crippen molar-refractivity contribution in [1.82, 2.24) is 5.32 Å². The molecule has 0 aliphatic heterocycles. The third-order valence-corrected chi connectivity index (χ3v) is 6.03. The quantitative estimate of drug-likeness (QED) is 0.740. The SMILES string of the molecule is CCCNC(Cc1cc(F)cc(Br)c1)C1C(C)(C)C1(C)C. The minimum Gasteiger partial charge on any atom is -0.313 e. The smallest absolute Gasteiger partial charge is 0.124 e. The van der Waals surface area contributed by atoms with E-state index in [9.17, 15) is 4.39 Å². The molecule has 118 valence electrons. The Bertz CT molecular complexity index is 476. The summed E-state index contributed by atoms with van der Waals surface area (Å²) in [7, 11) is 0. The van der Waals surface area contributed by atoms with Crippen LogP contribution in [-0.4, -0.2) is 12.6 Å². The fraction of sp³-hybridized carbons (Fsp3) is 0.667. The molecule has 0 spiro atoms. The Morgan fingerprint density at radius 2 is 1.81 bits per heavy atom. The Labute approximate surface area is 136 Å². The molecular weight excluding hydrogens is 329 g/mol. The molecule has 0 amide bonds. The molecule has 21 heavy (non-hydrogen) atoms. The summed E-state index contributed by atoms with van der Waals surface area (Å²) < 4.78 is 14.4. The van der Waals surface area contributed by atoms with Crippen molar-refractivity contribution in [2.45, 2.75) is 53.5 Å². The lowest BCUT2D eigenvalue weighted by molar-refractivity contribution is 0.395. The third kappa shape index (κ3) is 3.34. The predicted molar refractivity (Wildman–Crippen MR) is 90.9 cm³/mol. The molecule has 1 atom stereocenters. The van der Waals surface area contributed by atoms with Crippen LogP contribution in [0.15, 0.2) is 22.7 Å². The van der Waals surface area contributed by atoms with Crippen LogP contribution in [0, 0.1) is 22.6 Å². The van der Waals surface area contributed by atoms with Crippen molar-refractivity contribution in [3.63, 3.8) is 0 Å². The lowest BCUT2D eigenvalue weighted by atomic mass is 9.96. The van der Waals surface area contributed by atoms with Gasteiger partial charge in [0.15, 0.2) is 0 Å². The standard InChI is InChI=1S/C18H27BrFN/c1-6-7-21-15(16-17(2,3)18(16,4)5)10-12-8-13(19)11-14(20)9-12/h8-9,11,15-16,21H,6-7,10H2,1-5H3. The highest BCUT2D eigenvalue weighted by Crippen LogP contribution is 2.69. The zero-order chi connectivity index (χ0) is 15.8. The summed E-state index contributed by atoms with van der Waals surface area (Å²) in [5.74, 6) is 0.460. The molecule has 1 saturated carbocycles. The Hall–Kier alpha value is -0.410. The largest absolute Gasteiger partial charge is 0.313 e. The van der Waals surface area contributed by atoms with Gasteiger partial charge in [-0.3, -0.25) is 0 Å². The van der Waals surface area contributed by atoms with E-state index in [2.05, 4.69) is 55.9 Å². The van der Waals surface area contributed by atoms with Crippen molar-refractivity contribution in [2.75, 3.05) is 6.54 Å². The Morgan fingerprint density at radius 1 is 1.19 bits per heavy atom. The van der Waals surface area contributed by atoms with Gasteiger partial charge in [0.1, 0.15) is 5.82 Å². The maximum Gasteiger partial charge on any atom is 0.124 e. The van der Waals surface area contributed by atoms with Gasteiger partial charge in [-0.05, 0) is 59.9 Å². The van der Waals surface area contributed by atoms with Crippen LogP contribution in [0.2, 0.25) is 0 Å². The summed E-state index contributed by atoms with van der Waals surface area (Å²) in [5.41, 5.74) is 1.74. The van der Waals surface area contributed by atoms with E-state index in [0.29, 0.717) is 22.8 Å². The first kappa shape index (κ1) is 17.0. The van der Waals surface area contributed by atoms with E-state index >= 15 is 0 Å². The van der Waals surface area contributed by atoms with E-state index in [4.69, 9.17) is 0 Å². The van der Waals surface area contributed by atoms with Crippen LogP contribution in [0.4, 0.5) is 4.39 Å². The normalized spacial score (nSPS) is 21.3. The molecule has 1 aromatic rings. The molecule has 1 aliphatic carbocycles. The topological polar surface area (TPSA) is 12.0 Å². The third-order valence-electron chi connectivity index (χ3n) is 5.57. The minimum atomic E-state index is -0.164. The highest BCUT2D eigenvalue weighted by Gasteiger charge is 2.66. The van der Waals surface area contributed by atoms with Crippen molar-refractivity contribution in [3.05, 3.63) is 34.1 Å². The molecule has 1 N–H and O–H groups in total. The molecule has 1 unspecified atom stereocenters. The number of hydrogen-bond donors (Lipinski definition) is 1. The van der Waals surface area contributed by atoms with Gasteiger partial charge in [0.25, 0.3) is 0 Å². The molecule has 0 heterocycles. The van der Waals surface area contributed by atoms with Gasteiger partial charge in [0, 0.05) is 10.5 Å². The first-order valence-corrected chi connectivity index (χ1v) is 8.67. The molecular formula is C18H27BrFN. The molecule has 2 rings (SSSR count). The van der Waals surface area contributed by atoms with Crippen molar-refractivity contribution < 1.29 is 4.39 Å². The maximum atomic E-state index is 13.6. The highest BCUT2D eigenvalue weighted by molar-refractivity contribution is 9.10. The van der Waals surface area contributed by atoms with Crippen LogP contribution < -0.4 is 5.32 Å². The fourth-order valence-electron chi connectivity index (χ4n) is 3.87. The zero-order valence-corrected chi connectivity index (χ0v) is 15.3. The lowest BCUT2D eigenvalue weighted by Gasteiger charge is -2.21. The van der Waals surface area contributed by atoms with Crippen molar-refractivity contribution in [3.8, 4) is 0 Å². The highest BCUT2D eigenvalue weighted by atomic mass is 79.9. The molecule has 0 bridgehead atoms. The van der Waals surface area contributed by atoms with E-state index in [1.807, 2.05) is 6.07 Å². The van der Waals surface area contributed by atoms with Crippen LogP contribution >= 0.6 is 15.9 Å². The van der Waals surface area contributed by atoms with Gasteiger partial charge in [-0.15, -0.1) is 0 Å². The Morgan fingerprint density at radius 3 is 2.29 bits per heavy atom. The number of rotatable bonds is 6. The average Bonchev–Trinajstić information content (AvgIpc) is 2.74. The van der Waals surface area contributed by atoms with E-state index in [1.54, 1.807) is 6.07 Å². The molecule has 0 radical (unpaired) electrons. The molecule has 0 saturated heterocycles. The molecule has 1 aromatic carbocycles.